The molecule has 11 heavy (non-hydrogen) atoms. The molecular weight excluding hydrogens is 280 g/mol. The molecule has 0 aromatic heterocycles. The van der Waals surface area contributed by atoms with Crippen molar-refractivity contribution < 1.29 is 15.0 Å². The molecule has 0 aliphatic rings. The van der Waals surface area contributed by atoms with Gasteiger partial charge in [-0.25, -0.2) is 0 Å². The zero-order chi connectivity index (χ0) is 9.11. The van der Waals surface area contributed by atoms with Gasteiger partial charge in [0.2, 0.25) is 0 Å². The third kappa shape index (κ3) is 25.2. The molecule has 0 saturated heterocycles. The maximum absolute atomic E-state index is 9.57. The van der Waals surface area contributed by atoms with Gasteiger partial charge in [-0.1, -0.05) is 31.9 Å². The van der Waals surface area contributed by atoms with Crippen molar-refractivity contribution in [3.05, 3.63) is 0 Å². The first kappa shape index (κ1) is 13.9. The minimum atomic E-state index is -0.758. The van der Waals surface area contributed by atoms with Crippen LogP contribution in [0.4, 0.5) is 0 Å². The van der Waals surface area contributed by atoms with Gasteiger partial charge in [0.1, 0.15) is 0 Å². The standard InChI is InChI=1S/C3H5BrO2.C3H7BrO/c4-2-1-3(5)6;4-2-1-3-5/h1-2H2,(H,5,6);5H,1-3H2. The van der Waals surface area contributed by atoms with Crippen molar-refractivity contribution in [1.29, 1.82) is 0 Å². The molecule has 0 aromatic carbocycles. The second-order valence-corrected chi connectivity index (χ2v) is 3.18. The number of hydrogen-bond acceptors (Lipinski definition) is 2. The fraction of sp³-hybridized carbons (Fsp3) is 0.833. The van der Waals surface area contributed by atoms with E-state index in [-0.39, 0.29) is 6.42 Å². The van der Waals surface area contributed by atoms with E-state index in [1.807, 2.05) is 0 Å². The van der Waals surface area contributed by atoms with Crippen LogP contribution in [0.3, 0.4) is 0 Å². The number of carboxylic acid groups (broad SMARTS) is 1. The van der Waals surface area contributed by atoms with Gasteiger partial charge in [-0.05, 0) is 6.42 Å². The van der Waals surface area contributed by atoms with Gasteiger partial charge in [-0.15, -0.1) is 0 Å². The molecule has 2 N–H and O–H groups in total. The zero-order valence-electron chi connectivity index (χ0n) is 6.09. The number of alkyl halides is 2. The van der Waals surface area contributed by atoms with Gasteiger partial charge in [0.25, 0.3) is 0 Å². The van der Waals surface area contributed by atoms with Crippen LogP contribution in [0.25, 0.3) is 0 Å². The van der Waals surface area contributed by atoms with Gasteiger partial charge in [0, 0.05) is 17.3 Å². The van der Waals surface area contributed by atoms with E-state index in [2.05, 4.69) is 31.9 Å². The fourth-order valence-electron chi connectivity index (χ4n) is 0.141. The lowest BCUT2D eigenvalue weighted by Crippen LogP contribution is -1.92. The van der Waals surface area contributed by atoms with E-state index in [4.69, 9.17) is 10.2 Å². The Morgan fingerprint density at radius 3 is 1.82 bits per heavy atom. The summed E-state index contributed by atoms with van der Waals surface area (Å²) in [5.41, 5.74) is 0. The van der Waals surface area contributed by atoms with Gasteiger partial charge in [0.15, 0.2) is 0 Å². The summed E-state index contributed by atoms with van der Waals surface area (Å²) >= 11 is 6.12. The Bertz CT molecular complexity index is 85.9. The monoisotopic (exact) mass is 290 g/mol. The van der Waals surface area contributed by atoms with E-state index in [1.54, 1.807) is 0 Å². The first-order valence-electron chi connectivity index (χ1n) is 3.13. The Labute approximate surface area is 83.1 Å². The predicted octanol–water partition coefficient (Wildman–Crippen LogP) is 1.62. The zero-order valence-corrected chi connectivity index (χ0v) is 9.27. The van der Waals surface area contributed by atoms with Crippen LogP contribution in [0.1, 0.15) is 12.8 Å². The van der Waals surface area contributed by atoms with Gasteiger partial charge in [-0.2, -0.15) is 0 Å². The van der Waals surface area contributed by atoms with Crippen LogP contribution in [-0.2, 0) is 4.79 Å². The Morgan fingerprint density at radius 2 is 1.82 bits per heavy atom. The summed E-state index contributed by atoms with van der Waals surface area (Å²) in [6.07, 6.45) is 1.07. The average molecular weight is 292 g/mol. The lowest BCUT2D eigenvalue weighted by Gasteiger charge is -1.78. The number of halogens is 2. The summed E-state index contributed by atoms with van der Waals surface area (Å²) in [5.74, 6) is -0.758. The minimum Gasteiger partial charge on any atom is -0.481 e. The van der Waals surface area contributed by atoms with Crippen molar-refractivity contribution in [3.63, 3.8) is 0 Å². The van der Waals surface area contributed by atoms with Crippen molar-refractivity contribution in [3.8, 4) is 0 Å². The van der Waals surface area contributed by atoms with E-state index in [1.165, 1.54) is 0 Å². The highest BCUT2D eigenvalue weighted by molar-refractivity contribution is 9.09. The Balaban J connectivity index is 0. The number of carbonyl (C=O) groups is 1. The molecule has 0 fully saturated rings. The molecule has 0 heterocycles. The topological polar surface area (TPSA) is 57.5 Å². The van der Waals surface area contributed by atoms with Crippen LogP contribution < -0.4 is 0 Å². The Kier molecular flexibility index (Phi) is 16.5. The maximum Gasteiger partial charge on any atom is 0.304 e. The second kappa shape index (κ2) is 13.0. The van der Waals surface area contributed by atoms with Crippen LogP contribution in [0.2, 0.25) is 0 Å². The molecule has 0 bridgehead atoms. The molecule has 0 radical (unpaired) electrons. The van der Waals surface area contributed by atoms with Crippen molar-refractivity contribution >= 4 is 37.8 Å². The van der Waals surface area contributed by atoms with Crippen LogP contribution in [0.5, 0.6) is 0 Å². The summed E-state index contributed by atoms with van der Waals surface area (Å²) in [5, 5.41) is 17.4. The smallest absolute Gasteiger partial charge is 0.304 e. The van der Waals surface area contributed by atoms with Gasteiger partial charge >= 0.3 is 5.97 Å². The molecule has 3 nitrogen and oxygen atoms in total. The van der Waals surface area contributed by atoms with Gasteiger partial charge < -0.3 is 10.2 Å². The third-order valence-corrected chi connectivity index (χ3v) is 1.56. The van der Waals surface area contributed by atoms with Crippen molar-refractivity contribution in [2.45, 2.75) is 12.8 Å². The van der Waals surface area contributed by atoms with Crippen molar-refractivity contribution in [1.82, 2.24) is 0 Å². The van der Waals surface area contributed by atoms with Crippen molar-refractivity contribution in [2.75, 3.05) is 17.3 Å². The lowest BCUT2D eigenvalue weighted by molar-refractivity contribution is -0.136. The number of aliphatic hydroxyl groups excluding tert-OH is 1. The summed E-state index contributed by atoms with van der Waals surface area (Å²) in [6.45, 7) is 0.297. The number of aliphatic carboxylic acids is 1. The van der Waals surface area contributed by atoms with E-state index in [0.717, 1.165) is 11.8 Å². The molecule has 0 saturated carbocycles. The highest BCUT2D eigenvalue weighted by Gasteiger charge is 1.88. The average Bonchev–Trinajstić information content (AvgIpc) is 1.90. The molecule has 0 amide bonds. The molecular formula is C6H12Br2O3. The molecule has 0 spiro atoms. The molecule has 68 valence electrons. The predicted molar refractivity (Wildman–Crippen MR) is 51.5 cm³/mol. The number of carboxylic acids is 1. The van der Waals surface area contributed by atoms with Crippen LogP contribution in [0, 0.1) is 0 Å². The number of hydrogen-bond donors (Lipinski definition) is 2. The normalized spacial score (nSPS) is 8.27. The molecule has 0 atom stereocenters. The molecule has 0 aliphatic heterocycles. The molecule has 0 unspecified atom stereocenters. The number of aliphatic hydroxyl groups is 1. The summed E-state index contributed by atoms with van der Waals surface area (Å²) in [7, 11) is 0. The quantitative estimate of drug-likeness (QED) is 0.774. The van der Waals surface area contributed by atoms with E-state index >= 15 is 0 Å². The molecule has 0 aliphatic carbocycles. The Morgan fingerprint density at radius 1 is 1.27 bits per heavy atom. The SMILES string of the molecule is O=C(O)CCBr.OCCCBr. The highest BCUT2D eigenvalue weighted by Crippen LogP contribution is 1.84. The third-order valence-electron chi connectivity index (χ3n) is 0.600. The van der Waals surface area contributed by atoms with Crippen LogP contribution in [-0.4, -0.2) is 33.4 Å². The van der Waals surface area contributed by atoms with E-state index in [0.29, 0.717) is 11.9 Å². The van der Waals surface area contributed by atoms with E-state index < -0.39 is 5.97 Å². The summed E-state index contributed by atoms with van der Waals surface area (Å²) in [6, 6.07) is 0. The summed E-state index contributed by atoms with van der Waals surface area (Å²) < 4.78 is 0. The largest absolute Gasteiger partial charge is 0.481 e. The Hall–Kier alpha value is 0.390. The summed E-state index contributed by atoms with van der Waals surface area (Å²) in [4.78, 5) is 9.57. The maximum atomic E-state index is 9.57. The molecule has 0 rings (SSSR count). The fourth-order valence-corrected chi connectivity index (χ4v) is 0.731. The van der Waals surface area contributed by atoms with Crippen LogP contribution >= 0.6 is 31.9 Å². The molecule has 5 heteroatoms. The van der Waals surface area contributed by atoms with Gasteiger partial charge in [0.05, 0.1) is 6.42 Å². The highest BCUT2D eigenvalue weighted by atomic mass is 79.9. The van der Waals surface area contributed by atoms with Gasteiger partial charge in [-0.3, -0.25) is 4.79 Å². The van der Waals surface area contributed by atoms with Crippen LogP contribution in [0.15, 0.2) is 0 Å². The second-order valence-electron chi connectivity index (χ2n) is 1.60. The minimum absolute atomic E-state index is 0.208. The van der Waals surface area contributed by atoms with Crippen molar-refractivity contribution in [2.24, 2.45) is 0 Å². The first-order chi connectivity index (χ1) is 5.18. The first-order valence-corrected chi connectivity index (χ1v) is 5.37. The number of rotatable bonds is 4. The molecule has 0 aromatic rings. The lowest BCUT2D eigenvalue weighted by atomic mass is 10.5. The van der Waals surface area contributed by atoms with E-state index in [9.17, 15) is 4.79 Å².